The maximum Gasteiger partial charge on any atom is 0.139 e. The van der Waals surface area contributed by atoms with Crippen LogP contribution in [0, 0.1) is 6.92 Å². The van der Waals surface area contributed by atoms with Gasteiger partial charge in [-0.15, -0.1) is 0 Å². The average molecular weight is 443 g/mol. The van der Waals surface area contributed by atoms with Gasteiger partial charge in [0.1, 0.15) is 5.78 Å². The van der Waals surface area contributed by atoms with Crippen LogP contribution in [0.2, 0.25) is 0 Å². The third kappa shape index (κ3) is 5.01. The van der Waals surface area contributed by atoms with Crippen molar-refractivity contribution in [3.05, 3.63) is 83.6 Å². The van der Waals surface area contributed by atoms with Gasteiger partial charge in [-0.05, 0) is 51.0 Å². The van der Waals surface area contributed by atoms with E-state index in [-0.39, 0.29) is 24.5 Å². The average Bonchev–Trinajstić information content (AvgIpc) is 3.21. The molecule has 0 radical (unpaired) electrons. The first kappa shape index (κ1) is 22.8. The number of rotatable bonds is 8. The Morgan fingerprint density at radius 1 is 1.15 bits per heavy atom. The number of carbonyl (C=O) groups is 1. The zero-order chi connectivity index (χ0) is 23.6. The van der Waals surface area contributed by atoms with Crippen molar-refractivity contribution in [1.82, 2.24) is 19.7 Å². The van der Waals surface area contributed by atoms with Crippen LogP contribution in [0.5, 0.6) is 0 Å². The number of hydrogen-bond donors (Lipinski definition) is 1. The lowest BCUT2D eigenvalue weighted by Crippen LogP contribution is -2.31. The van der Waals surface area contributed by atoms with E-state index in [9.17, 15) is 9.90 Å². The van der Waals surface area contributed by atoms with Gasteiger partial charge in [0.05, 0.1) is 28.7 Å². The van der Waals surface area contributed by atoms with E-state index in [1.165, 1.54) is 0 Å². The minimum absolute atomic E-state index is 0.0528. The van der Waals surface area contributed by atoms with Crippen molar-refractivity contribution in [3.8, 4) is 5.69 Å². The van der Waals surface area contributed by atoms with Gasteiger partial charge in [-0.25, -0.2) is 4.68 Å². The molecule has 0 aliphatic heterocycles. The Labute approximate surface area is 194 Å². The number of hydrogen-bond acceptors (Lipinski definition) is 5. The molecule has 33 heavy (non-hydrogen) atoms. The van der Waals surface area contributed by atoms with Crippen molar-refractivity contribution in [2.75, 3.05) is 0 Å². The van der Waals surface area contributed by atoms with Gasteiger partial charge in [-0.1, -0.05) is 37.3 Å². The van der Waals surface area contributed by atoms with Crippen molar-refractivity contribution in [3.63, 3.8) is 0 Å². The Morgan fingerprint density at radius 2 is 1.91 bits per heavy atom. The zero-order valence-corrected chi connectivity index (χ0v) is 19.6. The van der Waals surface area contributed by atoms with Crippen LogP contribution in [0.4, 0.5) is 0 Å². The number of aliphatic hydroxyl groups is 1. The highest BCUT2D eigenvalue weighted by Crippen LogP contribution is 2.32. The summed E-state index contributed by atoms with van der Waals surface area (Å²) in [7, 11) is 0. The molecule has 0 unspecified atom stereocenters. The molecule has 0 bridgehead atoms. The molecule has 3 aromatic heterocycles. The van der Waals surface area contributed by atoms with E-state index in [0.717, 1.165) is 45.7 Å². The lowest BCUT2D eigenvalue weighted by molar-refractivity contribution is -0.120. The van der Waals surface area contributed by atoms with Gasteiger partial charge in [-0.2, -0.15) is 5.10 Å². The highest BCUT2D eigenvalue weighted by Gasteiger charge is 2.30. The molecule has 0 spiro atoms. The molecule has 6 heteroatoms. The van der Waals surface area contributed by atoms with Gasteiger partial charge in [0.2, 0.25) is 0 Å². The summed E-state index contributed by atoms with van der Waals surface area (Å²) in [5.41, 5.74) is 4.41. The van der Waals surface area contributed by atoms with E-state index in [2.05, 4.69) is 17.0 Å². The second-order valence-corrected chi connectivity index (χ2v) is 9.10. The number of benzene rings is 1. The smallest absolute Gasteiger partial charge is 0.139 e. The van der Waals surface area contributed by atoms with Gasteiger partial charge in [0.25, 0.3) is 0 Å². The monoisotopic (exact) mass is 442 g/mol. The van der Waals surface area contributed by atoms with E-state index in [1.807, 2.05) is 66.3 Å². The second kappa shape index (κ2) is 9.24. The molecule has 0 aliphatic rings. The Bertz CT molecular complexity index is 1270. The molecule has 0 saturated heterocycles. The van der Waals surface area contributed by atoms with E-state index in [0.29, 0.717) is 0 Å². The lowest BCUT2D eigenvalue weighted by Gasteiger charge is -2.29. The maximum absolute atomic E-state index is 13.1. The van der Waals surface area contributed by atoms with Crippen molar-refractivity contribution < 1.29 is 9.90 Å². The van der Waals surface area contributed by atoms with Crippen LogP contribution in [-0.4, -0.2) is 36.2 Å². The first-order chi connectivity index (χ1) is 15.8. The number of Topliss-reactive ketones (excluding diaryl/α,β-unsaturated/α-hetero) is 1. The summed E-state index contributed by atoms with van der Waals surface area (Å²) >= 11 is 0. The number of aromatic nitrogens is 4. The number of pyridine rings is 2. The van der Waals surface area contributed by atoms with Gasteiger partial charge in [-0.3, -0.25) is 14.8 Å². The van der Waals surface area contributed by atoms with Crippen LogP contribution in [0.1, 0.15) is 55.8 Å². The topological polar surface area (TPSA) is 80.9 Å². The van der Waals surface area contributed by atoms with Crippen LogP contribution >= 0.6 is 0 Å². The summed E-state index contributed by atoms with van der Waals surface area (Å²) in [5, 5.41) is 16.3. The Morgan fingerprint density at radius 3 is 2.58 bits per heavy atom. The summed E-state index contributed by atoms with van der Waals surface area (Å²) in [5.74, 6) is -0.227. The van der Waals surface area contributed by atoms with E-state index >= 15 is 0 Å². The maximum atomic E-state index is 13.1. The Balaban J connectivity index is 1.62. The summed E-state index contributed by atoms with van der Waals surface area (Å²) in [6.07, 6.45) is 4.80. The predicted octanol–water partition coefficient (Wildman–Crippen LogP) is 4.74. The summed E-state index contributed by atoms with van der Waals surface area (Å²) in [4.78, 5) is 22.2. The minimum Gasteiger partial charge on any atom is -0.390 e. The van der Waals surface area contributed by atoms with Crippen molar-refractivity contribution >= 4 is 16.7 Å². The van der Waals surface area contributed by atoms with Gasteiger partial charge >= 0.3 is 0 Å². The molecule has 3 heterocycles. The summed E-state index contributed by atoms with van der Waals surface area (Å²) in [6.45, 7) is 7.52. The molecular formula is C27H30N4O2. The van der Waals surface area contributed by atoms with Crippen LogP contribution in [0.3, 0.4) is 0 Å². The molecule has 0 aliphatic carbocycles. The fraction of sp³-hybridized carbons (Fsp3) is 0.333. The first-order valence-corrected chi connectivity index (χ1v) is 11.3. The molecule has 1 N–H and O–H groups in total. The van der Waals surface area contributed by atoms with Gasteiger partial charge in [0, 0.05) is 41.7 Å². The second-order valence-electron chi connectivity index (χ2n) is 9.10. The lowest BCUT2D eigenvalue weighted by atomic mass is 9.80. The van der Waals surface area contributed by atoms with E-state index in [4.69, 9.17) is 4.98 Å². The molecule has 170 valence electrons. The molecule has 1 aromatic carbocycles. The molecular weight excluding hydrogens is 412 g/mol. The molecule has 0 fully saturated rings. The molecule has 6 nitrogen and oxygen atoms in total. The highest BCUT2D eigenvalue weighted by molar-refractivity contribution is 5.86. The van der Waals surface area contributed by atoms with Crippen molar-refractivity contribution in [2.24, 2.45) is 0 Å². The van der Waals surface area contributed by atoms with Crippen LogP contribution < -0.4 is 0 Å². The van der Waals surface area contributed by atoms with Crippen LogP contribution in [0.15, 0.2) is 60.9 Å². The summed E-state index contributed by atoms with van der Waals surface area (Å²) < 4.78 is 1.89. The normalized spacial score (nSPS) is 12.8. The fourth-order valence-corrected chi connectivity index (χ4v) is 4.35. The molecule has 0 saturated carbocycles. The first-order valence-electron chi connectivity index (χ1n) is 11.3. The number of aryl methyl sites for hydroxylation is 2. The molecule has 4 rings (SSSR count). The van der Waals surface area contributed by atoms with E-state index < -0.39 is 5.60 Å². The van der Waals surface area contributed by atoms with Crippen molar-refractivity contribution in [1.29, 1.82) is 0 Å². The predicted molar refractivity (Wildman–Crippen MR) is 130 cm³/mol. The number of carbonyl (C=O) groups excluding carboxylic acids is 1. The van der Waals surface area contributed by atoms with Gasteiger partial charge < -0.3 is 5.11 Å². The van der Waals surface area contributed by atoms with Crippen LogP contribution in [-0.2, 0) is 17.6 Å². The summed E-state index contributed by atoms with van der Waals surface area (Å²) in [6, 6.07) is 15.6. The standard InChI is InChI=1S/C27H30N4O2/c1-5-25-26-20(17-29-31(26)22-11-12-28-18(2)13-22)14-21(30-25)15-23(32)16-24(27(3,4)33)19-9-7-6-8-10-19/h6-14,17,24,33H,5,15-16H2,1-4H3/t24-/m0/s1. The fourth-order valence-electron chi connectivity index (χ4n) is 4.35. The number of fused-ring (bicyclic) bond motifs is 1. The number of ketones is 1. The molecule has 1 atom stereocenters. The van der Waals surface area contributed by atoms with E-state index in [1.54, 1.807) is 20.0 Å². The zero-order valence-electron chi connectivity index (χ0n) is 19.6. The number of nitrogens with zero attached hydrogens (tertiary/aromatic N) is 4. The van der Waals surface area contributed by atoms with Gasteiger partial charge in [0.15, 0.2) is 0 Å². The minimum atomic E-state index is -1.01. The Kier molecular flexibility index (Phi) is 6.38. The quantitative estimate of drug-likeness (QED) is 0.426. The molecule has 0 amide bonds. The largest absolute Gasteiger partial charge is 0.390 e. The Hall–Kier alpha value is -3.38. The van der Waals surface area contributed by atoms with Crippen molar-refractivity contribution in [2.45, 2.75) is 58.5 Å². The van der Waals surface area contributed by atoms with Crippen LogP contribution in [0.25, 0.3) is 16.6 Å². The molecule has 4 aromatic rings. The highest BCUT2D eigenvalue weighted by atomic mass is 16.3. The third-order valence-electron chi connectivity index (χ3n) is 6.00. The third-order valence-corrected chi connectivity index (χ3v) is 6.00. The SMILES string of the molecule is CCc1nc(CC(=O)C[C@@H](c2ccccc2)C(C)(C)O)cc2cnn(-c3ccnc(C)c3)c12.